The minimum atomic E-state index is -0.418. The molecule has 0 aliphatic carbocycles. The van der Waals surface area contributed by atoms with Crippen LogP contribution in [-0.4, -0.2) is 6.29 Å². The predicted octanol–water partition coefficient (Wildman–Crippen LogP) is 4.70. The van der Waals surface area contributed by atoms with Crippen molar-refractivity contribution in [2.45, 2.75) is 0 Å². The van der Waals surface area contributed by atoms with Crippen LogP contribution in [0.3, 0.4) is 0 Å². The van der Waals surface area contributed by atoms with E-state index in [0.29, 0.717) is 33.8 Å². The summed E-state index contributed by atoms with van der Waals surface area (Å²) in [6.45, 7) is 0. The molecule has 0 aliphatic heterocycles. The van der Waals surface area contributed by atoms with Crippen molar-refractivity contribution in [3.8, 4) is 11.3 Å². The number of carbonyl (C=O) groups is 1. The predicted molar refractivity (Wildman–Crippen MR) is 72.0 cm³/mol. The van der Waals surface area contributed by atoms with Gasteiger partial charge in [0.05, 0.1) is 0 Å². The van der Waals surface area contributed by atoms with Crippen molar-refractivity contribution < 1.29 is 13.6 Å². The van der Waals surface area contributed by atoms with E-state index in [0.717, 1.165) is 5.39 Å². The van der Waals surface area contributed by atoms with Gasteiger partial charge in [0, 0.05) is 21.5 Å². The normalized spacial score (nSPS) is 10.8. The van der Waals surface area contributed by atoms with Crippen LogP contribution in [0, 0.1) is 5.82 Å². The Morgan fingerprint density at radius 3 is 2.74 bits per heavy atom. The average molecular weight is 275 g/mol. The fourth-order valence-corrected chi connectivity index (χ4v) is 2.17. The molecule has 4 heteroatoms. The fourth-order valence-electron chi connectivity index (χ4n) is 1.99. The van der Waals surface area contributed by atoms with Gasteiger partial charge < -0.3 is 4.42 Å². The molecule has 1 heterocycles. The van der Waals surface area contributed by atoms with E-state index in [2.05, 4.69) is 0 Å². The summed E-state index contributed by atoms with van der Waals surface area (Å²) in [6.07, 6.45) is 0.676. The molecule has 0 amide bonds. The van der Waals surface area contributed by atoms with Crippen molar-refractivity contribution >= 4 is 28.9 Å². The van der Waals surface area contributed by atoms with Crippen molar-refractivity contribution in [2.75, 3.05) is 0 Å². The lowest BCUT2D eigenvalue weighted by Crippen LogP contribution is -1.87. The van der Waals surface area contributed by atoms with Crippen molar-refractivity contribution in [1.29, 1.82) is 0 Å². The lowest BCUT2D eigenvalue weighted by atomic mass is 10.1. The van der Waals surface area contributed by atoms with Crippen LogP contribution < -0.4 is 0 Å². The Morgan fingerprint density at radius 1 is 1.11 bits per heavy atom. The third-order valence-corrected chi connectivity index (χ3v) is 3.12. The first-order valence-corrected chi connectivity index (χ1v) is 5.99. The molecular weight excluding hydrogens is 267 g/mol. The molecule has 2 nitrogen and oxygen atoms in total. The highest BCUT2D eigenvalue weighted by atomic mass is 35.5. The first-order valence-electron chi connectivity index (χ1n) is 5.61. The molecule has 0 unspecified atom stereocenters. The second-order valence-electron chi connectivity index (χ2n) is 4.14. The molecule has 0 fully saturated rings. The summed E-state index contributed by atoms with van der Waals surface area (Å²) in [4.78, 5) is 11.0. The van der Waals surface area contributed by atoms with E-state index >= 15 is 0 Å². The Labute approximate surface area is 113 Å². The zero-order chi connectivity index (χ0) is 13.4. The number of benzene rings is 2. The molecule has 19 heavy (non-hydrogen) atoms. The zero-order valence-corrected chi connectivity index (χ0v) is 10.4. The first-order chi connectivity index (χ1) is 9.17. The molecule has 0 bridgehead atoms. The SMILES string of the molecule is O=Cc1ccc(F)cc1-c1cc2cc(Cl)ccc2o1. The van der Waals surface area contributed by atoms with Crippen LogP contribution in [0.2, 0.25) is 5.02 Å². The maximum absolute atomic E-state index is 13.3. The van der Waals surface area contributed by atoms with Crippen LogP contribution in [0.25, 0.3) is 22.3 Å². The second kappa shape index (κ2) is 4.52. The highest BCUT2D eigenvalue weighted by Crippen LogP contribution is 2.31. The molecular formula is C15H8ClFO2. The Balaban J connectivity index is 2.24. The largest absolute Gasteiger partial charge is 0.456 e. The van der Waals surface area contributed by atoms with E-state index < -0.39 is 5.82 Å². The molecule has 1 aromatic heterocycles. The Bertz CT molecular complexity index is 777. The Kier molecular flexibility index (Phi) is 2.84. The number of fused-ring (bicyclic) bond motifs is 1. The lowest BCUT2D eigenvalue weighted by molar-refractivity contribution is 0.112. The quantitative estimate of drug-likeness (QED) is 0.634. The van der Waals surface area contributed by atoms with Crippen LogP contribution >= 0.6 is 11.6 Å². The summed E-state index contributed by atoms with van der Waals surface area (Å²) >= 11 is 5.90. The number of furan rings is 1. The van der Waals surface area contributed by atoms with E-state index in [4.69, 9.17) is 16.0 Å². The molecule has 0 radical (unpaired) electrons. The van der Waals surface area contributed by atoms with Gasteiger partial charge in [-0.2, -0.15) is 0 Å². The molecule has 0 atom stereocenters. The van der Waals surface area contributed by atoms with Crippen LogP contribution in [0.5, 0.6) is 0 Å². The van der Waals surface area contributed by atoms with Crippen molar-refractivity contribution in [3.63, 3.8) is 0 Å². The second-order valence-corrected chi connectivity index (χ2v) is 4.58. The fraction of sp³-hybridized carbons (Fsp3) is 0. The van der Waals surface area contributed by atoms with Gasteiger partial charge in [-0.15, -0.1) is 0 Å². The molecule has 3 aromatic rings. The van der Waals surface area contributed by atoms with Crippen LogP contribution in [0.15, 0.2) is 46.9 Å². The molecule has 0 saturated heterocycles. The average Bonchev–Trinajstić information content (AvgIpc) is 2.81. The van der Waals surface area contributed by atoms with E-state index in [1.165, 1.54) is 18.2 Å². The van der Waals surface area contributed by atoms with Crippen molar-refractivity contribution in [1.82, 2.24) is 0 Å². The van der Waals surface area contributed by atoms with Gasteiger partial charge in [-0.1, -0.05) is 11.6 Å². The highest BCUT2D eigenvalue weighted by molar-refractivity contribution is 6.31. The summed E-state index contributed by atoms with van der Waals surface area (Å²) in [6, 6.07) is 10.9. The van der Waals surface area contributed by atoms with Gasteiger partial charge >= 0.3 is 0 Å². The number of carbonyl (C=O) groups excluding carboxylic acids is 1. The van der Waals surface area contributed by atoms with Crippen LogP contribution in [0.1, 0.15) is 10.4 Å². The third kappa shape index (κ3) is 2.13. The monoisotopic (exact) mass is 274 g/mol. The van der Waals surface area contributed by atoms with Crippen molar-refractivity contribution in [3.05, 3.63) is 58.9 Å². The van der Waals surface area contributed by atoms with E-state index in [9.17, 15) is 9.18 Å². The van der Waals surface area contributed by atoms with Gasteiger partial charge in [0.15, 0.2) is 6.29 Å². The molecule has 0 N–H and O–H groups in total. The molecule has 0 saturated carbocycles. The standard InChI is InChI=1S/C15H8ClFO2/c16-11-2-4-14-10(5-11)6-15(19-14)13-7-12(17)3-1-9(13)8-18/h1-8H. The molecule has 3 rings (SSSR count). The van der Waals surface area contributed by atoms with E-state index in [-0.39, 0.29) is 0 Å². The molecule has 94 valence electrons. The van der Waals surface area contributed by atoms with E-state index in [1.807, 2.05) is 0 Å². The maximum atomic E-state index is 13.3. The van der Waals surface area contributed by atoms with Gasteiger partial charge in [0.25, 0.3) is 0 Å². The first kappa shape index (κ1) is 11.9. The molecule has 2 aromatic carbocycles. The van der Waals surface area contributed by atoms with Crippen LogP contribution in [0.4, 0.5) is 4.39 Å². The topological polar surface area (TPSA) is 30.2 Å². The summed E-state index contributed by atoms with van der Waals surface area (Å²) < 4.78 is 18.9. The molecule has 0 spiro atoms. The smallest absolute Gasteiger partial charge is 0.150 e. The van der Waals surface area contributed by atoms with Gasteiger partial charge in [0.1, 0.15) is 17.2 Å². The maximum Gasteiger partial charge on any atom is 0.150 e. The Morgan fingerprint density at radius 2 is 1.95 bits per heavy atom. The number of hydrogen-bond acceptors (Lipinski definition) is 2. The number of aldehydes is 1. The summed E-state index contributed by atoms with van der Waals surface area (Å²) in [5.41, 5.74) is 1.45. The lowest BCUT2D eigenvalue weighted by Gasteiger charge is -2.00. The van der Waals surface area contributed by atoms with Gasteiger partial charge in [0.2, 0.25) is 0 Å². The zero-order valence-electron chi connectivity index (χ0n) is 9.69. The Hall–Kier alpha value is -2.13. The van der Waals surface area contributed by atoms with Gasteiger partial charge in [-0.3, -0.25) is 4.79 Å². The van der Waals surface area contributed by atoms with Gasteiger partial charge in [-0.05, 0) is 42.5 Å². The third-order valence-electron chi connectivity index (χ3n) is 2.89. The number of rotatable bonds is 2. The summed E-state index contributed by atoms with van der Waals surface area (Å²) in [7, 11) is 0. The highest BCUT2D eigenvalue weighted by Gasteiger charge is 2.11. The summed E-state index contributed by atoms with van der Waals surface area (Å²) in [5.74, 6) is 0.0259. The van der Waals surface area contributed by atoms with Crippen molar-refractivity contribution in [2.24, 2.45) is 0 Å². The minimum absolute atomic E-state index is 0.381. The van der Waals surface area contributed by atoms with Crippen LogP contribution in [-0.2, 0) is 0 Å². The summed E-state index contributed by atoms with van der Waals surface area (Å²) in [5, 5.41) is 1.40. The molecule has 0 aliphatic rings. The number of halogens is 2. The number of hydrogen-bond donors (Lipinski definition) is 0. The van der Waals surface area contributed by atoms with E-state index in [1.54, 1.807) is 24.3 Å². The van der Waals surface area contributed by atoms with Gasteiger partial charge in [-0.25, -0.2) is 4.39 Å². The minimum Gasteiger partial charge on any atom is -0.456 e.